The average molecular weight is 268 g/mol. The van der Waals surface area contributed by atoms with Gasteiger partial charge in [-0.3, -0.25) is 14.4 Å². The van der Waals surface area contributed by atoms with Gasteiger partial charge in [-0.2, -0.15) is 0 Å². The summed E-state index contributed by atoms with van der Waals surface area (Å²) < 4.78 is 15.5. The first kappa shape index (κ1) is 12.4. The van der Waals surface area contributed by atoms with Crippen LogP contribution in [0.15, 0.2) is 0 Å². The van der Waals surface area contributed by atoms with Crippen LogP contribution in [0.1, 0.15) is 19.8 Å². The van der Waals surface area contributed by atoms with Crippen molar-refractivity contribution < 1.29 is 28.6 Å². The highest BCUT2D eigenvalue weighted by Gasteiger charge is 2.70. The van der Waals surface area contributed by atoms with E-state index in [-0.39, 0.29) is 36.3 Å². The van der Waals surface area contributed by atoms with E-state index in [1.54, 1.807) is 6.92 Å². The Hall–Kier alpha value is -1.59. The van der Waals surface area contributed by atoms with Crippen LogP contribution in [0.25, 0.3) is 0 Å². The average Bonchev–Trinajstić information content (AvgIpc) is 3.00. The number of carbonyl (C=O) groups excluding carboxylic acids is 3. The SMILES string of the molecule is CCC(=O)OC1C2CC3C1OC(=O)C3C2C(=O)OC. The Balaban J connectivity index is 1.88. The van der Waals surface area contributed by atoms with Crippen LogP contribution < -0.4 is 0 Å². The molecule has 2 aliphatic carbocycles. The molecule has 0 aromatic rings. The monoisotopic (exact) mass is 268 g/mol. The summed E-state index contributed by atoms with van der Waals surface area (Å²) in [5, 5.41) is 0. The van der Waals surface area contributed by atoms with Gasteiger partial charge in [-0.25, -0.2) is 0 Å². The molecule has 19 heavy (non-hydrogen) atoms. The molecule has 6 unspecified atom stereocenters. The normalized spacial score (nSPS) is 42.1. The number of rotatable bonds is 3. The summed E-state index contributed by atoms with van der Waals surface area (Å²) in [7, 11) is 1.30. The highest BCUT2D eigenvalue weighted by atomic mass is 16.6. The van der Waals surface area contributed by atoms with Gasteiger partial charge in [0.05, 0.1) is 18.9 Å². The van der Waals surface area contributed by atoms with Crippen molar-refractivity contribution in [2.75, 3.05) is 7.11 Å². The first-order valence-electron chi connectivity index (χ1n) is 6.56. The molecule has 3 aliphatic rings. The van der Waals surface area contributed by atoms with Crippen LogP contribution in [0.2, 0.25) is 0 Å². The second kappa shape index (κ2) is 4.21. The summed E-state index contributed by atoms with van der Waals surface area (Å²) in [5.74, 6) is -2.23. The maximum absolute atomic E-state index is 11.9. The summed E-state index contributed by atoms with van der Waals surface area (Å²) in [6.07, 6.45) is 0.0757. The van der Waals surface area contributed by atoms with E-state index in [4.69, 9.17) is 14.2 Å². The molecule has 0 amide bonds. The standard InChI is InChI=1S/C13H16O6/c1-3-7(14)18-10-5-4-6-9(8(5)12(15)17-2)13(16)19-11(6)10/h5-6,8-11H,3-4H2,1-2H3. The summed E-state index contributed by atoms with van der Waals surface area (Å²) in [6.45, 7) is 1.71. The van der Waals surface area contributed by atoms with Crippen LogP contribution in [0.4, 0.5) is 0 Å². The van der Waals surface area contributed by atoms with Gasteiger partial charge in [-0.15, -0.1) is 0 Å². The Kier molecular flexibility index (Phi) is 2.76. The predicted molar refractivity (Wildman–Crippen MR) is 60.6 cm³/mol. The number of hydrogen-bond acceptors (Lipinski definition) is 6. The number of ether oxygens (including phenoxy) is 3. The van der Waals surface area contributed by atoms with Crippen molar-refractivity contribution in [3.05, 3.63) is 0 Å². The fourth-order valence-corrected chi connectivity index (χ4v) is 3.84. The first-order chi connectivity index (χ1) is 9.08. The summed E-state index contributed by atoms with van der Waals surface area (Å²) in [6, 6.07) is 0. The maximum Gasteiger partial charge on any atom is 0.310 e. The van der Waals surface area contributed by atoms with E-state index in [1.807, 2.05) is 0 Å². The zero-order valence-electron chi connectivity index (χ0n) is 10.8. The molecule has 1 heterocycles. The van der Waals surface area contributed by atoms with Crippen molar-refractivity contribution in [1.29, 1.82) is 0 Å². The molecule has 1 saturated heterocycles. The second-order valence-corrected chi connectivity index (χ2v) is 5.35. The highest BCUT2D eigenvalue weighted by Crippen LogP contribution is 2.58. The summed E-state index contributed by atoms with van der Waals surface area (Å²) in [5.41, 5.74) is 0. The predicted octanol–water partition coefficient (Wildman–Crippen LogP) is 0.289. The highest BCUT2D eigenvalue weighted by molar-refractivity contribution is 5.86. The number of methoxy groups -OCH3 is 1. The van der Waals surface area contributed by atoms with E-state index >= 15 is 0 Å². The number of esters is 3. The van der Waals surface area contributed by atoms with Gasteiger partial charge in [-0.1, -0.05) is 6.92 Å². The van der Waals surface area contributed by atoms with Crippen molar-refractivity contribution in [2.24, 2.45) is 23.7 Å². The fourth-order valence-electron chi connectivity index (χ4n) is 3.84. The van der Waals surface area contributed by atoms with Crippen LogP contribution in [0.3, 0.4) is 0 Å². The van der Waals surface area contributed by atoms with E-state index in [0.717, 1.165) is 0 Å². The fraction of sp³-hybridized carbons (Fsp3) is 0.769. The summed E-state index contributed by atoms with van der Waals surface area (Å²) in [4.78, 5) is 35.2. The Bertz CT molecular complexity index is 444. The molecule has 0 spiro atoms. The summed E-state index contributed by atoms with van der Waals surface area (Å²) >= 11 is 0. The molecule has 0 aromatic heterocycles. The van der Waals surface area contributed by atoms with Gasteiger partial charge in [0, 0.05) is 18.3 Å². The molecule has 104 valence electrons. The van der Waals surface area contributed by atoms with Crippen LogP contribution in [-0.4, -0.2) is 37.2 Å². The van der Waals surface area contributed by atoms with Gasteiger partial charge < -0.3 is 14.2 Å². The minimum atomic E-state index is -0.532. The van der Waals surface area contributed by atoms with Gasteiger partial charge in [0.2, 0.25) is 0 Å². The van der Waals surface area contributed by atoms with E-state index < -0.39 is 23.9 Å². The third kappa shape index (κ3) is 1.58. The number of hydrogen-bond donors (Lipinski definition) is 0. The molecular formula is C13H16O6. The Morgan fingerprint density at radius 2 is 2.11 bits per heavy atom. The minimum absolute atomic E-state index is 0.0174. The topological polar surface area (TPSA) is 78.9 Å². The van der Waals surface area contributed by atoms with E-state index in [1.165, 1.54) is 7.11 Å². The molecular weight excluding hydrogens is 252 g/mol. The molecule has 6 atom stereocenters. The molecule has 3 rings (SSSR count). The number of carbonyl (C=O) groups is 3. The molecule has 2 bridgehead atoms. The minimum Gasteiger partial charge on any atom is -0.469 e. The molecule has 2 saturated carbocycles. The van der Waals surface area contributed by atoms with Crippen LogP contribution >= 0.6 is 0 Å². The third-order valence-electron chi connectivity index (χ3n) is 4.58. The largest absolute Gasteiger partial charge is 0.469 e. The third-order valence-corrected chi connectivity index (χ3v) is 4.58. The van der Waals surface area contributed by atoms with Gasteiger partial charge in [0.15, 0.2) is 0 Å². The van der Waals surface area contributed by atoms with Crippen molar-refractivity contribution in [2.45, 2.75) is 32.0 Å². The van der Waals surface area contributed by atoms with Gasteiger partial charge in [0.25, 0.3) is 0 Å². The second-order valence-electron chi connectivity index (χ2n) is 5.35. The molecule has 3 fully saturated rings. The molecule has 0 radical (unpaired) electrons. The Labute approximate surface area is 110 Å². The van der Waals surface area contributed by atoms with E-state index in [0.29, 0.717) is 6.42 Å². The molecule has 6 heteroatoms. The van der Waals surface area contributed by atoms with Gasteiger partial charge >= 0.3 is 17.9 Å². The number of fused-ring (bicyclic) bond motifs is 1. The van der Waals surface area contributed by atoms with Gasteiger partial charge in [-0.05, 0) is 6.42 Å². The van der Waals surface area contributed by atoms with Crippen LogP contribution in [-0.2, 0) is 28.6 Å². The van der Waals surface area contributed by atoms with Crippen molar-refractivity contribution in [1.82, 2.24) is 0 Å². The molecule has 1 aliphatic heterocycles. The quantitative estimate of drug-likeness (QED) is 0.540. The molecule has 0 aromatic carbocycles. The lowest BCUT2D eigenvalue weighted by atomic mass is 9.78. The zero-order chi connectivity index (χ0) is 13.7. The van der Waals surface area contributed by atoms with Crippen LogP contribution in [0, 0.1) is 23.7 Å². The first-order valence-corrected chi connectivity index (χ1v) is 6.56. The van der Waals surface area contributed by atoms with E-state index in [2.05, 4.69) is 0 Å². The maximum atomic E-state index is 11.9. The smallest absolute Gasteiger partial charge is 0.310 e. The lowest BCUT2D eigenvalue weighted by Gasteiger charge is -2.29. The van der Waals surface area contributed by atoms with E-state index in [9.17, 15) is 14.4 Å². The van der Waals surface area contributed by atoms with Crippen molar-refractivity contribution in [3.63, 3.8) is 0 Å². The van der Waals surface area contributed by atoms with Crippen LogP contribution in [0.5, 0.6) is 0 Å². The van der Waals surface area contributed by atoms with Gasteiger partial charge in [0.1, 0.15) is 12.2 Å². The van der Waals surface area contributed by atoms with Crippen molar-refractivity contribution in [3.8, 4) is 0 Å². The lowest BCUT2D eigenvalue weighted by Crippen LogP contribution is -2.43. The molecule has 6 nitrogen and oxygen atoms in total. The Morgan fingerprint density at radius 1 is 1.37 bits per heavy atom. The zero-order valence-corrected chi connectivity index (χ0v) is 10.8. The Morgan fingerprint density at radius 3 is 2.74 bits per heavy atom. The molecule has 0 N–H and O–H groups in total. The van der Waals surface area contributed by atoms with Crippen molar-refractivity contribution >= 4 is 17.9 Å². The lowest BCUT2D eigenvalue weighted by molar-refractivity contribution is -0.164.